The molecule has 0 aromatic heterocycles. The number of methoxy groups -OCH3 is 1. The zero-order valence-electron chi connectivity index (χ0n) is 18.7. The second-order valence-electron chi connectivity index (χ2n) is 8.75. The molecular weight excluding hydrogens is 408 g/mol. The number of rotatable bonds is 6. The van der Waals surface area contributed by atoms with Crippen molar-refractivity contribution >= 4 is 11.6 Å². The van der Waals surface area contributed by atoms with Crippen LogP contribution in [0.1, 0.15) is 55.9 Å². The Morgan fingerprint density at radius 2 is 1.97 bits per heavy atom. The van der Waals surface area contributed by atoms with Gasteiger partial charge in [0.15, 0.2) is 0 Å². The van der Waals surface area contributed by atoms with Gasteiger partial charge in [0.25, 0.3) is 0 Å². The number of carbonyl (C=O) groups is 1. The van der Waals surface area contributed by atoms with Crippen molar-refractivity contribution in [3.8, 4) is 11.5 Å². The molecule has 2 aliphatic rings. The monoisotopic (exact) mass is 440 g/mol. The standard InChI is InChI=1S/C25H32N2O5/c1-3-24(30)26-18-6-4-17(5-7-18)22(29)16-27-12-10-25(11-13-27)15-21(28)20-14-19(31-2)8-9-23(20)32-25/h4-9,14,21-22,28-29H,3,10-13,15-16H2,1-2H3,(H,26,30)/t21-,22+/m0/s1. The molecule has 2 aromatic carbocycles. The largest absolute Gasteiger partial charge is 0.497 e. The third-order valence-corrected chi connectivity index (χ3v) is 6.57. The number of anilines is 1. The lowest BCUT2D eigenvalue weighted by Crippen LogP contribution is -2.51. The van der Waals surface area contributed by atoms with E-state index in [4.69, 9.17) is 9.47 Å². The van der Waals surface area contributed by atoms with Crippen molar-refractivity contribution in [2.24, 2.45) is 0 Å². The van der Waals surface area contributed by atoms with Gasteiger partial charge in [-0.3, -0.25) is 4.79 Å². The highest BCUT2D eigenvalue weighted by Crippen LogP contribution is 2.45. The van der Waals surface area contributed by atoms with Gasteiger partial charge in [0, 0.05) is 43.7 Å². The van der Waals surface area contributed by atoms with Gasteiger partial charge in [-0.1, -0.05) is 19.1 Å². The maximum absolute atomic E-state index is 11.5. The molecule has 2 aliphatic heterocycles. The van der Waals surface area contributed by atoms with E-state index in [0.717, 1.165) is 48.5 Å². The van der Waals surface area contributed by atoms with E-state index in [1.807, 2.05) is 49.4 Å². The van der Waals surface area contributed by atoms with Gasteiger partial charge in [0.2, 0.25) is 5.91 Å². The molecule has 7 nitrogen and oxygen atoms in total. The van der Waals surface area contributed by atoms with Gasteiger partial charge in [0.05, 0.1) is 19.3 Å². The molecule has 4 rings (SSSR count). The molecule has 0 saturated carbocycles. The van der Waals surface area contributed by atoms with Gasteiger partial charge >= 0.3 is 0 Å². The summed E-state index contributed by atoms with van der Waals surface area (Å²) >= 11 is 0. The van der Waals surface area contributed by atoms with Gasteiger partial charge < -0.3 is 29.9 Å². The van der Waals surface area contributed by atoms with E-state index in [-0.39, 0.29) is 11.5 Å². The summed E-state index contributed by atoms with van der Waals surface area (Å²) in [5.74, 6) is 1.41. The van der Waals surface area contributed by atoms with Crippen molar-refractivity contribution in [1.29, 1.82) is 0 Å². The smallest absolute Gasteiger partial charge is 0.224 e. The van der Waals surface area contributed by atoms with Crippen molar-refractivity contribution in [2.75, 3.05) is 32.1 Å². The van der Waals surface area contributed by atoms with Crippen LogP contribution in [0.3, 0.4) is 0 Å². The average molecular weight is 441 g/mol. The summed E-state index contributed by atoms with van der Waals surface area (Å²) in [6.07, 6.45) is 1.41. The number of piperidine rings is 1. The molecule has 7 heteroatoms. The number of likely N-dealkylation sites (tertiary alicyclic amines) is 1. The number of aliphatic hydroxyl groups excluding tert-OH is 2. The second kappa shape index (κ2) is 9.48. The van der Waals surface area contributed by atoms with Crippen LogP contribution in [-0.4, -0.2) is 53.4 Å². The minimum absolute atomic E-state index is 0.0302. The average Bonchev–Trinajstić information content (AvgIpc) is 2.81. The van der Waals surface area contributed by atoms with Gasteiger partial charge in [-0.2, -0.15) is 0 Å². The van der Waals surface area contributed by atoms with Crippen LogP contribution in [0.5, 0.6) is 11.5 Å². The molecule has 1 spiro atoms. The Bertz CT molecular complexity index is 938. The number of carbonyl (C=O) groups excluding carboxylic acids is 1. The first-order chi connectivity index (χ1) is 15.4. The van der Waals surface area contributed by atoms with Crippen molar-refractivity contribution in [1.82, 2.24) is 4.90 Å². The highest BCUT2D eigenvalue weighted by Gasteiger charge is 2.43. The fourth-order valence-corrected chi connectivity index (χ4v) is 4.58. The van der Waals surface area contributed by atoms with E-state index in [1.54, 1.807) is 7.11 Å². The summed E-state index contributed by atoms with van der Waals surface area (Å²) in [5.41, 5.74) is 1.97. The fraction of sp³-hybridized carbons (Fsp3) is 0.480. The quantitative estimate of drug-likeness (QED) is 0.638. The number of benzene rings is 2. The summed E-state index contributed by atoms with van der Waals surface area (Å²) < 4.78 is 11.6. The van der Waals surface area contributed by atoms with Crippen molar-refractivity contribution in [3.05, 3.63) is 53.6 Å². The Kier molecular flexibility index (Phi) is 6.69. The lowest BCUT2D eigenvalue weighted by molar-refractivity contribution is -0.115. The van der Waals surface area contributed by atoms with Crippen LogP contribution in [-0.2, 0) is 4.79 Å². The Hall–Kier alpha value is -2.61. The molecule has 2 atom stereocenters. The van der Waals surface area contributed by atoms with Gasteiger partial charge in [-0.05, 0) is 48.7 Å². The van der Waals surface area contributed by atoms with E-state index >= 15 is 0 Å². The summed E-state index contributed by atoms with van der Waals surface area (Å²) in [7, 11) is 1.61. The van der Waals surface area contributed by atoms with Crippen LogP contribution in [0.4, 0.5) is 5.69 Å². The highest BCUT2D eigenvalue weighted by atomic mass is 16.5. The Morgan fingerprint density at radius 1 is 1.25 bits per heavy atom. The zero-order valence-corrected chi connectivity index (χ0v) is 18.7. The van der Waals surface area contributed by atoms with E-state index < -0.39 is 12.2 Å². The molecule has 3 N–H and O–H groups in total. The summed E-state index contributed by atoms with van der Waals surface area (Å²) in [4.78, 5) is 13.7. The number of aliphatic hydroxyl groups is 2. The lowest BCUT2D eigenvalue weighted by atomic mass is 9.81. The van der Waals surface area contributed by atoms with E-state index in [1.165, 1.54) is 0 Å². The first kappa shape index (κ1) is 22.6. The predicted molar refractivity (Wildman–Crippen MR) is 122 cm³/mol. The lowest BCUT2D eigenvalue weighted by Gasteiger charge is -2.46. The first-order valence-corrected chi connectivity index (χ1v) is 11.3. The number of amides is 1. The van der Waals surface area contributed by atoms with Crippen LogP contribution < -0.4 is 14.8 Å². The maximum atomic E-state index is 11.5. The molecule has 32 heavy (non-hydrogen) atoms. The molecule has 172 valence electrons. The number of ether oxygens (including phenoxy) is 2. The first-order valence-electron chi connectivity index (χ1n) is 11.3. The molecule has 1 fully saturated rings. The number of β-amino-alcohol motifs (C(OH)–C–C–N with tert-alkyl or cyclic N) is 1. The molecule has 0 radical (unpaired) electrons. The van der Waals surface area contributed by atoms with Crippen LogP contribution in [0.15, 0.2) is 42.5 Å². The van der Waals surface area contributed by atoms with Crippen LogP contribution in [0.25, 0.3) is 0 Å². The molecule has 0 aliphatic carbocycles. The van der Waals surface area contributed by atoms with Gasteiger partial charge in [-0.15, -0.1) is 0 Å². The topological polar surface area (TPSA) is 91.3 Å². The van der Waals surface area contributed by atoms with Crippen LogP contribution >= 0.6 is 0 Å². The second-order valence-corrected chi connectivity index (χ2v) is 8.75. The highest BCUT2D eigenvalue weighted by molar-refractivity contribution is 5.90. The molecule has 2 aromatic rings. The number of hydrogen-bond donors (Lipinski definition) is 3. The Balaban J connectivity index is 1.33. The minimum atomic E-state index is -0.606. The van der Waals surface area contributed by atoms with E-state index in [9.17, 15) is 15.0 Å². The predicted octanol–water partition coefficient (Wildman–Crippen LogP) is 3.43. The number of hydrogen-bond acceptors (Lipinski definition) is 6. The fourth-order valence-electron chi connectivity index (χ4n) is 4.58. The summed E-state index contributed by atoms with van der Waals surface area (Å²) in [6.45, 7) is 3.93. The van der Waals surface area contributed by atoms with Crippen LogP contribution in [0.2, 0.25) is 0 Å². The van der Waals surface area contributed by atoms with E-state index in [0.29, 0.717) is 25.1 Å². The van der Waals surface area contributed by atoms with Crippen LogP contribution in [0, 0.1) is 0 Å². The third kappa shape index (κ3) is 4.90. The van der Waals surface area contributed by atoms with E-state index in [2.05, 4.69) is 10.2 Å². The Labute approximate surface area is 189 Å². The summed E-state index contributed by atoms with van der Waals surface area (Å²) in [6, 6.07) is 12.9. The SMILES string of the molecule is CCC(=O)Nc1ccc([C@H](O)CN2CCC3(CC2)C[C@H](O)c2cc(OC)ccc2O3)cc1. The zero-order chi connectivity index (χ0) is 22.7. The van der Waals surface area contributed by atoms with Gasteiger partial charge in [0.1, 0.15) is 17.1 Å². The third-order valence-electron chi connectivity index (χ3n) is 6.57. The molecule has 0 unspecified atom stereocenters. The molecule has 1 saturated heterocycles. The number of fused-ring (bicyclic) bond motifs is 1. The van der Waals surface area contributed by atoms with Gasteiger partial charge in [-0.25, -0.2) is 0 Å². The van der Waals surface area contributed by atoms with Crippen molar-refractivity contribution < 1.29 is 24.5 Å². The molecule has 1 amide bonds. The normalized spacial score (nSPS) is 20.8. The minimum Gasteiger partial charge on any atom is -0.497 e. The van der Waals surface area contributed by atoms with Crippen molar-refractivity contribution in [3.63, 3.8) is 0 Å². The molecular formula is C25H32N2O5. The summed E-state index contributed by atoms with van der Waals surface area (Å²) in [5, 5.41) is 24.3. The molecule has 0 bridgehead atoms. The number of nitrogens with zero attached hydrogens (tertiary/aromatic N) is 1. The van der Waals surface area contributed by atoms with Crippen molar-refractivity contribution in [2.45, 2.75) is 50.4 Å². The Morgan fingerprint density at radius 3 is 2.62 bits per heavy atom. The molecule has 2 heterocycles. The maximum Gasteiger partial charge on any atom is 0.224 e. The number of nitrogens with one attached hydrogen (secondary N) is 1.